The lowest BCUT2D eigenvalue weighted by Gasteiger charge is -2.36. The average molecular weight is 575 g/mol. The maximum absolute atomic E-state index is 13.8. The van der Waals surface area contributed by atoms with Crippen molar-refractivity contribution in [3.8, 4) is 0 Å². The van der Waals surface area contributed by atoms with Crippen molar-refractivity contribution in [1.29, 1.82) is 0 Å². The number of primary amides is 1. The highest BCUT2D eigenvalue weighted by molar-refractivity contribution is 9.10. The molecule has 1 aromatic heterocycles. The molecule has 1 atom stereocenters. The first-order chi connectivity index (χ1) is 17.7. The van der Waals surface area contributed by atoms with Crippen LogP contribution in [0, 0.1) is 11.8 Å². The molecule has 2 aliphatic heterocycles. The number of amides is 4. The van der Waals surface area contributed by atoms with E-state index >= 15 is 0 Å². The van der Waals surface area contributed by atoms with Crippen LogP contribution in [0.5, 0.6) is 0 Å². The molecule has 37 heavy (non-hydrogen) atoms. The van der Waals surface area contributed by atoms with Crippen LogP contribution in [0.4, 0.5) is 16.2 Å². The molecule has 0 saturated carbocycles. The predicted octanol–water partition coefficient (Wildman–Crippen LogP) is 3.91. The van der Waals surface area contributed by atoms with Gasteiger partial charge in [-0.1, -0.05) is 29.8 Å². The van der Waals surface area contributed by atoms with Crippen LogP contribution < -0.4 is 10.6 Å². The van der Waals surface area contributed by atoms with E-state index in [0.29, 0.717) is 48.4 Å². The Balaban J connectivity index is 1.48. The Hall–Kier alpha value is -3.34. The molecule has 4 rings (SSSR count). The Labute approximate surface area is 223 Å². The van der Waals surface area contributed by atoms with Gasteiger partial charge in [0.1, 0.15) is 6.26 Å². The molecular weight excluding hydrogens is 544 g/mol. The van der Waals surface area contributed by atoms with Crippen LogP contribution in [0.2, 0.25) is 0 Å². The molecule has 0 aliphatic carbocycles. The number of piperidine rings is 1. The Morgan fingerprint density at radius 3 is 2.57 bits per heavy atom. The zero-order valence-corrected chi connectivity index (χ0v) is 22.5. The lowest BCUT2D eigenvalue weighted by Crippen LogP contribution is -2.47. The second-order valence-electron chi connectivity index (χ2n) is 9.82. The summed E-state index contributed by atoms with van der Waals surface area (Å²) in [4.78, 5) is 56.1. The SMILES string of the molecule is CC(C)COC(=O)N1CCC(N2CC(C(=O)N(c3ccoc3)c3cc(Br)ccc3C(N)=O)CC2=O)CC1. The number of halogens is 1. The van der Waals surface area contributed by atoms with Gasteiger partial charge in [0, 0.05) is 42.6 Å². The molecule has 1 aromatic carbocycles. The van der Waals surface area contributed by atoms with Crippen LogP contribution in [0.25, 0.3) is 0 Å². The highest BCUT2D eigenvalue weighted by Gasteiger charge is 2.42. The second-order valence-corrected chi connectivity index (χ2v) is 10.7. The number of carbonyl (C=O) groups is 4. The lowest BCUT2D eigenvalue weighted by atomic mass is 10.0. The molecule has 11 heteroatoms. The number of benzene rings is 1. The lowest BCUT2D eigenvalue weighted by molar-refractivity contribution is -0.130. The Kier molecular flexibility index (Phi) is 8.21. The van der Waals surface area contributed by atoms with Gasteiger partial charge in [0.15, 0.2) is 0 Å². The largest absolute Gasteiger partial charge is 0.470 e. The smallest absolute Gasteiger partial charge is 0.409 e. The molecule has 10 nitrogen and oxygen atoms in total. The van der Waals surface area contributed by atoms with Gasteiger partial charge in [-0.05, 0) is 37.0 Å². The summed E-state index contributed by atoms with van der Waals surface area (Å²) in [5.41, 5.74) is 6.53. The molecule has 2 aromatic rings. The minimum atomic E-state index is -0.674. The Morgan fingerprint density at radius 1 is 1.22 bits per heavy atom. The molecule has 0 radical (unpaired) electrons. The summed E-state index contributed by atoms with van der Waals surface area (Å²) < 4.78 is 11.2. The van der Waals surface area contributed by atoms with E-state index in [1.54, 1.807) is 34.1 Å². The first kappa shape index (κ1) is 26.7. The fraction of sp³-hybridized carbons (Fsp3) is 0.462. The highest BCUT2D eigenvalue weighted by Crippen LogP contribution is 2.35. The normalized spacial score (nSPS) is 18.4. The predicted molar refractivity (Wildman–Crippen MR) is 139 cm³/mol. The third-order valence-electron chi connectivity index (χ3n) is 6.66. The van der Waals surface area contributed by atoms with Gasteiger partial charge in [-0.3, -0.25) is 19.3 Å². The number of furan rings is 1. The summed E-state index contributed by atoms with van der Waals surface area (Å²) in [6.45, 7) is 5.57. The maximum Gasteiger partial charge on any atom is 0.409 e. The summed E-state index contributed by atoms with van der Waals surface area (Å²) in [6, 6.07) is 6.43. The maximum atomic E-state index is 13.8. The summed E-state index contributed by atoms with van der Waals surface area (Å²) >= 11 is 3.40. The van der Waals surface area contributed by atoms with Gasteiger partial charge in [-0.25, -0.2) is 4.79 Å². The van der Waals surface area contributed by atoms with Crippen molar-refractivity contribution in [2.45, 2.75) is 39.2 Å². The number of nitrogens with zero attached hydrogens (tertiary/aromatic N) is 3. The van der Waals surface area contributed by atoms with Gasteiger partial charge in [-0.2, -0.15) is 0 Å². The third kappa shape index (κ3) is 5.98. The zero-order chi connectivity index (χ0) is 26.7. The van der Waals surface area contributed by atoms with E-state index in [-0.39, 0.29) is 48.4 Å². The zero-order valence-electron chi connectivity index (χ0n) is 20.9. The van der Waals surface area contributed by atoms with Crippen LogP contribution in [0.3, 0.4) is 0 Å². The van der Waals surface area contributed by atoms with E-state index in [2.05, 4.69) is 15.9 Å². The molecule has 0 spiro atoms. The van der Waals surface area contributed by atoms with Crippen LogP contribution in [0.1, 0.15) is 43.5 Å². The van der Waals surface area contributed by atoms with Crippen molar-refractivity contribution in [2.75, 3.05) is 31.1 Å². The van der Waals surface area contributed by atoms with Gasteiger partial charge < -0.3 is 24.7 Å². The van der Waals surface area contributed by atoms with E-state index in [4.69, 9.17) is 14.9 Å². The van der Waals surface area contributed by atoms with Crippen LogP contribution in [0.15, 0.2) is 45.7 Å². The topological polar surface area (TPSA) is 126 Å². The minimum Gasteiger partial charge on any atom is -0.470 e. The fourth-order valence-electron chi connectivity index (χ4n) is 4.79. The first-order valence-corrected chi connectivity index (χ1v) is 13.1. The Morgan fingerprint density at radius 2 is 1.95 bits per heavy atom. The molecule has 2 saturated heterocycles. The number of hydrogen-bond donors (Lipinski definition) is 1. The standard InChI is InChI=1S/C26H31BrN4O6/c1-16(2)14-37-26(35)29-8-5-19(6-9-29)30-13-17(11-23(30)32)25(34)31(20-7-10-36-15-20)22-12-18(27)3-4-21(22)24(28)33/h3-4,7,10,12,15-17,19H,5-6,8-9,11,13-14H2,1-2H3,(H2,28,33). The van der Waals surface area contributed by atoms with Gasteiger partial charge in [-0.15, -0.1) is 0 Å². The molecule has 2 aliphatic rings. The van der Waals surface area contributed by atoms with E-state index in [0.717, 1.165) is 0 Å². The molecule has 4 amide bonds. The number of likely N-dealkylation sites (tertiary alicyclic amines) is 2. The van der Waals surface area contributed by atoms with Crippen LogP contribution in [-0.4, -0.2) is 65.9 Å². The van der Waals surface area contributed by atoms with Gasteiger partial charge in [0.2, 0.25) is 11.8 Å². The van der Waals surface area contributed by atoms with Crippen molar-refractivity contribution in [2.24, 2.45) is 17.6 Å². The summed E-state index contributed by atoms with van der Waals surface area (Å²) in [7, 11) is 0. The minimum absolute atomic E-state index is 0.0593. The van der Waals surface area contributed by atoms with Crippen molar-refractivity contribution in [3.05, 3.63) is 46.8 Å². The van der Waals surface area contributed by atoms with Crippen LogP contribution in [-0.2, 0) is 14.3 Å². The highest BCUT2D eigenvalue weighted by atomic mass is 79.9. The number of rotatable bonds is 7. The molecule has 0 bridgehead atoms. The summed E-state index contributed by atoms with van der Waals surface area (Å²) in [6.07, 6.45) is 3.81. The summed E-state index contributed by atoms with van der Waals surface area (Å²) in [5, 5.41) is 0. The molecule has 2 N–H and O–H groups in total. The monoisotopic (exact) mass is 574 g/mol. The molecule has 1 unspecified atom stereocenters. The van der Waals surface area contributed by atoms with Crippen molar-refractivity contribution in [1.82, 2.24) is 9.80 Å². The Bertz CT molecular complexity index is 1160. The van der Waals surface area contributed by atoms with E-state index < -0.39 is 11.8 Å². The number of hydrogen-bond acceptors (Lipinski definition) is 6. The van der Waals surface area contributed by atoms with E-state index in [1.165, 1.54) is 17.4 Å². The molecule has 3 heterocycles. The summed E-state index contributed by atoms with van der Waals surface area (Å²) in [5.74, 6) is -1.46. The quantitative estimate of drug-likeness (QED) is 0.534. The number of anilines is 2. The molecular formula is C26H31BrN4O6. The molecule has 198 valence electrons. The van der Waals surface area contributed by atoms with Gasteiger partial charge in [0.25, 0.3) is 5.91 Å². The third-order valence-corrected chi connectivity index (χ3v) is 7.16. The number of ether oxygens (including phenoxy) is 1. The van der Waals surface area contributed by atoms with Crippen LogP contribution >= 0.6 is 15.9 Å². The number of carbonyl (C=O) groups excluding carboxylic acids is 4. The second kappa shape index (κ2) is 11.4. The van der Waals surface area contributed by atoms with E-state index in [1.807, 2.05) is 13.8 Å². The fourth-order valence-corrected chi connectivity index (χ4v) is 5.14. The first-order valence-electron chi connectivity index (χ1n) is 12.3. The van der Waals surface area contributed by atoms with Gasteiger partial charge in [0.05, 0.1) is 35.7 Å². The average Bonchev–Trinajstić information content (AvgIpc) is 3.53. The van der Waals surface area contributed by atoms with E-state index in [9.17, 15) is 19.2 Å². The van der Waals surface area contributed by atoms with Gasteiger partial charge >= 0.3 is 6.09 Å². The van der Waals surface area contributed by atoms with Crippen molar-refractivity contribution < 1.29 is 28.3 Å². The van der Waals surface area contributed by atoms with Crippen molar-refractivity contribution in [3.63, 3.8) is 0 Å². The molecule has 2 fully saturated rings. The van der Waals surface area contributed by atoms with Crippen molar-refractivity contribution >= 4 is 51.1 Å². The number of nitrogens with two attached hydrogens (primary N) is 1.